The molecule has 0 amide bonds. The van der Waals surface area contributed by atoms with Gasteiger partial charge in [0.25, 0.3) is 0 Å². The summed E-state index contributed by atoms with van der Waals surface area (Å²) in [6, 6.07) is 0.113. The first-order chi connectivity index (χ1) is 19.4. The standard InChI is InChI=1S/C32H51NO8/c1-17-27(38-18(2)34)28(39-19(3)35)29(40-20(4)36)30(37-17)41-25-13-16-32(6)23-12-15-31(5)14-8-9-22(31)21(23)10-11-24(32)26(25)33-7/h17,21-30,33H,8-16H2,1-7H3/t17-,21-,22-,23-,24?,25?,26?,27-,28+,29+,30-,31-,32+/m0/s1. The summed E-state index contributed by atoms with van der Waals surface area (Å²) in [7, 11) is 2.01. The number of esters is 3. The van der Waals surface area contributed by atoms with Crippen LogP contribution in [0.3, 0.4) is 0 Å². The summed E-state index contributed by atoms with van der Waals surface area (Å²) in [5, 5.41) is 3.62. The number of ether oxygens (including phenoxy) is 5. The highest BCUT2D eigenvalue weighted by atomic mass is 16.7. The minimum atomic E-state index is -1.07. The molecular weight excluding hydrogens is 526 g/mol. The highest BCUT2D eigenvalue weighted by molar-refractivity contribution is 5.68. The Kier molecular flexibility index (Phi) is 8.82. The summed E-state index contributed by atoms with van der Waals surface area (Å²) in [4.78, 5) is 36.1. The van der Waals surface area contributed by atoms with Crippen molar-refractivity contribution in [2.45, 2.75) is 142 Å². The molecule has 0 radical (unpaired) electrons. The molecule has 1 saturated heterocycles. The van der Waals surface area contributed by atoms with Gasteiger partial charge in [-0.05, 0) is 99.8 Å². The number of hydrogen-bond donors (Lipinski definition) is 1. The van der Waals surface area contributed by atoms with E-state index in [1.165, 1.54) is 65.7 Å². The second-order valence-electron chi connectivity index (χ2n) is 14.1. The van der Waals surface area contributed by atoms with Gasteiger partial charge in [-0.25, -0.2) is 0 Å². The van der Waals surface area contributed by atoms with Gasteiger partial charge in [-0.3, -0.25) is 14.4 Å². The fraction of sp³-hybridized carbons (Fsp3) is 0.906. The highest BCUT2D eigenvalue weighted by Crippen LogP contribution is 2.66. The van der Waals surface area contributed by atoms with E-state index in [1.54, 1.807) is 6.92 Å². The quantitative estimate of drug-likeness (QED) is 0.276. The molecule has 4 aliphatic carbocycles. The normalized spacial score (nSPS) is 47.3. The van der Waals surface area contributed by atoms with Crippen LogP contribution in [0.2, 0.25) is 0 Å². The summed E-state index contributed by atoms with van der Waals surface area (Å²) in [5.41, 5.74) is 0.785. The topological polar surface area (TPSA) is 109 Å². The lowest BCUT2D eigenvalue weighted by molar-refractivity contribution is -0.317. The van der Waals surface area contributed by atoms with E-state index in [9.17, 15) is 14.4 Å². The van der Waals surface area contributed by atoms with E-state index in [2.05, 4.69) is 19.2 Å². The summed E-state index contributed by atoms with van der Waals surface area (Å²) >= 11 is 0. The number of carbonyl (C=O) groups excluding carboxylic acids is 3. The molecule has 1 N–H and O–H groups in total. The molecule has 0 bridgehead atoms. The number of fused-ring (bicyclic) bond motifs is 5. The molecular formula is C32H51NO8. The largest absolute Gasteiger partial charge is 0.456 e. The van der Waals surface area contributed by atoms with Crippen molar-refractivity contribution in [1.29, 1.82) is 0 Å². The molecule has 0 spiro atoms. The maximum absolute atomic E-state index is 12.2. The smallest absolute Gasteiger partial charge is 0.303 e. The predicted octanol–water partition coefficient (Wildman–Crippen LogP) is 4.54. The second-order valence-corrected chi connectivity index (χ2v) is 14.1. The average molecular weight is 578 g/mol. The van der Waals surface area contributed by atoms with Crippen LogP contribution in [0.4, 0.5) is 0 Å². The fourth-order valence-corrected chi connectivity index (χ4v) is 10.1. The van der Waals surface area contributed by atoms with Crippen molar-refractivity contribution < 1.29 is 38.1 Å². The van der Waals surface area contributed by atoms with E-state index >= 15 is 0 Å². The van der Waals surface area contributed by atoms with Gasteiger partial charge in [-0.15, -0.1) is 0 Å². The fourth-order valence-electron chi connectivity index (χ4n) is 10.1. The highest BCUT2D eigenvalue weighted by Gasteiger charge is 2.61. The van der Waals surface area contributed by atoms with E-state index in [-0.39, 0.29) is 17.6 Å². The Morgan fingerprint density at radius 2 is 1.41 bits per heavy atom. The molecule has 13 atom stereocenters. The van der Waals surface area contributed by atoms with Crippen LogP contribution in [0.1, 0.15) is 99.3 Å². The first-order valence-corrected chi connectivity index (χ1v) is 15.9. The minimum Gasteiger partial charge on any atom is -0.456 e. The molecule has 9 heteroatoms. The SMILES string of the molecule is CNC1C(O[C@@H]2O[C@@H](C)[C@H](OC(C)=O)[C@@H](OC(C)=O)[C@H]2OC(C)=O)CC[C@@]2(C)C1CC[C@H]1[C@@H]3CCC[C@@]3(C)CC[C@@H]12. The lowest BCUT2D eigenvalue weighted by Gasteiger charge is -2.62. The average Bonchev–Trinajstić information content (AvgIpc) is 3.29. The lowest BCUT2D eigenvalue weighted by atomic mass is 9.44. The molecule has 0 aromatic rings. The molecule has 3 unspecified atom stereocenters. The Labute approximate surface area is 245 Å². The van der Waals surface area contributed by atoms with Crippen LogP contribution < -0.4 is 5.32 Å². The van der Waals surface area contributed by atoms with E-state index in [4.69, 9.17) is 23.7 Å². The number of hydrogen-bond acceptors (Lipinski definition) is 9. The molecule has 5 rings (SSSR count). The van der Waals surface area contributed by atoms with E-state index in [0.717, 1.165) is 30.6 Å². The maximum atomic E-state index is 12.2. The summed E-state index contributed by atoms with van der Waals surface area (Å²) in [6.45, 7) is 10.7. The van der Waals surface area contributed by atoms with Crippen LogP contribution in [0.25, 0.3) is 0 Å². The van der Waals surface area contributed by atoms with Crippen molar-refractivity contribution in [1.82, 2.24) is 5.32 Å². The van der Waals surface area contributed by atoms with Gasteiger partial charge in [0.15, 0.2) is 24.6 Å². The molecule has 41 heavy (non-hydrogen) atoms. The molecule has 232 valence electrons. The first-order valence-electron chi connectivity index (χ1n) is 15.9. The molecule has 5 aliphatic rings. The Morgan fingerprint density at radius 3 is 2.07 bits per heavy atom. The van der Waals surface area contributed by atoms with Crippen LogP contribution in [-0.4, -0.2) is 67.8 Å². The Morgan fingerprint density at radius 1 is 0.756 bits per heavy atom. The Hall–Kier alpha value is -1.71. The molecule has 0 aromatic heterocycles. The van der Waals surface area contributed by atoms with Gasteiger partial charge in [-0.1, -0.05) is 20.3 Å². The zero-order valence-electron chi connectivity index (χ0n) is 26.0. The van der Waals surface area contributed by atoms with Gasteiger partial charge in [0, 0.05) is 26.8 Å². The molecule has 9 nitrogen and oxygen atoms in total. The van der Waals surface area contributed by atoms with Crippen LogP contribution in [0.5, 0.6) is 0 Å². The third kappa shape index (κ3) is 5.67. The molecule has 0 aromatic carbocycles. The van der Waals surface area contributed by atoms with Crippen molar-refractivity contribution in [3.05, 3.63) is 0 Å². The zero-order chi connectivity index (χ0) is 29.7. The Balaban J connectivity index is 1.36. The summed E-state index contributed by atoms with van der Waals surface area (Å²) < 4.78 is 29.7. The number of carbonyl (C=O) groups is 3. The number of rotatable bonds is 6. The minimum absolute atomic E-state index is 0.113. The van der Waals surface area contributed by atoms with Gasteiger partial charge in [-0.2, -0.15) is 0 Å². The maximum Gasteiger partial charge on any atom is 0.303 e. The molecule has 1 heterocycles. The van der Waals surface area contributed by atoms with Crippen molar-refractivity contribution in [3.63, 3.8) is 0 Å². The first kappa shape index (κ1) is 30.7. The van der Waals surface area contributed by atoms with Crippen LogP contribution in [0.15, 0.2) is 0 Å². The van der Waals surface area contributed by atoms with Gasteiger partial charge in [0.05, 0.1) is 12.2 Å². The molecule has 5 fully saturated rings. The molecule has 4 saturated carbocycles. The van der Waals surface area contributed by atoms with E-state index in [1.807, 2.05) is 7.05 Å². The Bertz CT molecular complexity index is 1000. The number of nitrogens with one attached hydrogen (secondary N) is 1. The van der Waals surface area contributed by atoms with Crippen molar-refractivity contribution in [2.75, 3.05) is 7.05 Å². The van der Waals surface area contributed by atoms with Crippen molar-refractivity contribution >= 4 is 17.9 Å². The van der Waals surface area contributed by atoms with Crippen molar-refractivity contribution in [2.24, 2.45) is 34.5 Å². The zero-order valence-corrected chi connectivity index (χ0v) is 26.0. The monoisotopic (exact) mass is 577 g/mol. The second kappa shape index (κ2) is 11.8. The van der Waals surface area contributed by atoms with Crippen LogP contribution in [0, 0.1) is 34.5 Å². The third-order valence-corrected chi connectivity index (χ3v) is 11.8. The number of likely N-dealkylation sites (N-methyl/N-ethyl adjacent to an activating group) is 1. The van der Waals surface area contributed by atoms with E-state index < -0.39 is 48.6 Å². The summed E-state index contributed by atoms with van der Waals surface area (Å²) in [6.07, 6.45) is 6.41. The van der Waals surface area contributed by atoms with Gasteiger partial charge in [0.1, 0.15) is 0 Å². The summed E-state index contributed by atoms with van der Waals surface area (Å²) in [5.74, 6) is 1.23. The van der Waals surface area contributed by atoms with Crippen LogP contribution >= 0.6 is 0 Å². The molecule has 1 aliphatic heterocycles. The van der Waals surface area contributed by atoms with Gasteiger partial charge in [0.2, 0.25) is 0 Å². The lowest BCUT2D eigenvalue weighted by Crippen LogP contribution is -2.65. The van der Waals surface area contributed by atoms with Crippen LogP contribution in [-0.2, 0) is 38.1 Å². The predicted molar refractivity (Wildman–Crippen MR) is 150 cm³/mol. The van der Waals surface area contributed by atoms with Gasteiger partial charge >= 0.3 is 17.9 Å². The third-order valence-electron chi connectivity index (χ3n) is 11.8. The van der Waals surface area contributed by atoms with Gasteiger partial charge < -0.3 is 29.0 Å². The van der Waals surface area contributed by atoms with Crippen molar-refractivity contribution in [3.8, 4) is 0 Å². The van der Waals surface area contributed by atoms with E-state index in [0.29, 0.717) is 11.3 Å².